The summed E-state index contributed by atoms with van der Waals surface area (Å²) in [6.07, 6.45) is 3.40. The van der Waals surface area contributed by atoms with E-state index in [1.54, 1.807) is 26.4 Å². The number of nitrogens with zero attached hydrogens (tertiary/aromatic N) is 1. The summed E-state index contributed by atoms with van der Waals surface area (Å²) in [5.74, 6) is 0. The average Bonchev–Trinajstić information content (AvgIpc) is 2.36. The minimum Gasteiger partial charge on any atom is -0.389 e. The van der Waals surface area contributed by atoms with E-state index < -0.39 is 5.60 Å². The van der Waals surface area contributed by atoms with E-state index in [-0.39, 0.29) is 0 Å². The molecule has 3 N–H and O–H groups in total. The predicted molar refractivity (Wildman–Crippen MR) is 46.6 cm³/mol. The van der Waals surface area contributed by atoms with Gasteiger partial charge in [-0.1, -0.05) is 0 Å². The Balaban J connectivity index is 2.20. The van der Waals surface area contributed by atoms with Crippen LogP contribution in [0.1, 0.15) is 19.5 Å². The van der Waals surface area contributed by atoms with Crippen LogP contribution in [0.25, 0.3) is 0 Å². The van der Waals surface area contributed by atoms with E-state index in [9.17, 15) is 5.11 Å². The second-order valence-electron chi connectivity index (χ2n) is 3.49. The molecule has 0 bridgehead atoms. The van der Waals surface area contributed by atoms with E-state index in [2.05, 4.69) is 15.3 Å². The van der Waals surface area contributed by atoms with Crippen molar-refractivity contribution in [2.45, 2.75) is 26.0 Å². The summed E-state index contributed by atoms with van der Waals surface area (Å²) in [6, 6.07) is 0. The number of H-pyrrole nitrogens is 1. The van der Waals surface area contributed by atoms with Gasteiger partial charge in [-0.15, -0.1) is 0 Å². The topological polar surface area (TPSA) is 60.9 Å². The SMILES string of the molecule is CC(C)(O)CNCc1cnc[nH]1. The highest BCUT2D eigenvalue weighted by Gasteiger charge is 2.10. The first-order valence-corrected chi connectivity index (χ1v) is 3.98. The van der Waals surface area contributed by atoms with Crippen LogP contribution < -0.4 is 5.32 Å². The molecule has 1 aromatic heterocycles. The molecule has 1 heterocycles. The normalized spacial score (nSPS) is 11.9. The van der Waals surface area contributed by atoms with Crippen molar-refractivity contribution in [3.05, 3.63) is 18.2 Å². The van der Waals surface area contributed by atoms with Gasteiger partial charge in [-0.05, 0) is 13.8 Å². The summed E-state index contributed by atoms with van der Waals surface area (Å²) in [4.78, 5) is 6.85. The van der Waals surface area contributed by atoms with Gasteiger partial charge in [0, 0.05) is 25.0 Å². The highest BCUT2D eigenvalue weighted by Crippen LogP contribution is 1.98. The number of hydrogen-bond donors (Lipinski definition) is 3. The molecule has 0 unspecified atom stereocenters. The van der Waals surface area contributed by atoms with Crippen molar-refractivity contribution < 1.29 is 5.11 Å². The van der Waals surface area contributed by atoms with Gasteiger partial charge in [-0.25, -0.2) is 4.98 Å². The first-order chi connectivity index (χ1) is 5.58. The van der Waals surface area contributed by atoms with Crippen molar-refractivity contribution >= 4 is 0 Å². The predicted octanol–water partition coefficient (Wildman–Crippen LogP) is 0.270. The van der Waals surface area contributed by atoms with Gasteiger partial charge in [0.25, 0.3) is 0 Å². The lowest BCUT2D eigenvalue weighted by Crippen LogP contribution is -2.34. The van der Waals surface area contributed by atoms with Gasteiger partial charge in [-0.2, -0.15) is 0 Å². The number of aromatic nitrogens is 2. The maximum absolute atomic E-state index is 9.36. The molecular formula is C8H15N3O. The van der Waals surface area contributed by atoms with E-state index in [0.717, 1.165) is 5.69 Å². The van der Waals surface area contributed by atoms with Crippen LogP contribution in [0.15, 0.2) is 12.5 Å². The second-order valence-corrected chi connectivity index (χ2v) is 3.49. The standard InChI is InChI=1S/C8H15N3O/c1-8(2,12)5-9-3-7-4-10-6-11-7/h4,6,9,12H,3,5H2,1-2H3,(H,10,11). The molecule has 0 aromatic carbocycles. The lowest BCUT2D eigenvalue weighted by molar-refractivity contribution is 0.0794. The van der Waals surface area contributed by atoms with Crippen LogP contribution in [0, 0.1) is 0 Å². The van der Waals surface area contributed by atoms with E-state index in [1.165, 1.54) is 0 Å². The lowest BCUT2D eigenvalue weighted by Gasteiger charge is -2.17. The first kappa shape index (κ1) is 9.22. The third-order valence-corrected chi connectivity index (χ3v) is 1.43. The van der Waals surface area contributed by atoms with Crippen molar-refractivity contribution in [1.82, 2.24) is 15.3 Å². The molecule has 0 aliphatic heterocycles. The molecule has 0 aliphatic carbocycles. The van der Waals surface area contributed by atoms with Crippen LogP contribution in [0.3, 0.4) is 0 Å². The third-order valence-electron chi connectivity index (χ3n) is 1.43. The molecule has 1 aromatic rings. The van der Waals surface area contributed by atoms with Crippen molar-refractivity contribution in [2.75, 3.05) is 6.54 Å². The van der Waals surface area contributed by atoms with Gasteiger partial charge in [0.05, 0.1) is 11.9 Å². The summed E-state index contributed by atoms with van der Waals surface area (Å²) >= 11 is 0. The van der Waals surface area contributed by atoms with Crippen molar-refractivity contribution in [1.29, 1.82) is 0 Å². The largest absolute Gasteiger partial charge is 0.389 e. The minimum absolute atomic E-state index is 0.575. The number of nitrogens with one attached hydrogen (secondary N) is 2. The molecule has 0 saturated heterocycles. The molecule has 0 saturated carbocycles. The quantitative estimate of drug-likeness (QED) is 0.606. The van der Waals surface area contributed by atoms with E-state index >= 15 is 0 Å². The van der Waals surface area contributed by atoms with E-state index in [0.29, 0.717) is 13.1 Å². The summed E-state index contributed by atoms with van der Waals surface area (Å²) in [6.45, 7) is 4.83. The molecule has 0 atom stereocenters. The smallest absolute Gasteiger partial charge is 0.0922 e. The van der Waals surface area contributed by atoms with Gasteiger partial charge in [0.15, 0.2) is 0 Å². The molecule has 68 valence electrons. The highest BCUT2D eigenvalue weighted by atomic mass is 16.3. The Bertz CT molecular complexity index is 213. The van der Waals surface area contributed by atoms with Gasteiger partial charge < -0.3 is 15.4 Å². The Morgan fingerprint density at radius 3 is 2.92 bits per heavy atom. The molecule has 0 fully saturated rings. The van der Waals surface area contributed by atoms with E-state index in [1.807, 2.05) is 0 Å². The summed E-state index contributed by atoms with van der Waals surface area (Å²) in [5.41, 5.74) is 0.374. The third kappa shape index (κ3) is 3.50. The van der Waals surface area contributed by atoms with Gasteiger partial charge in [0.2, 0.25) is 0 Å². The fourth-order valence-electron chi connectivity index (χ4n) is 0.884. The van der Waals surface area contributed by atoms with Crippen molar-refractivity contribution in [2.24, 2.45) is 0 Å². The Labute approximate surface area is 72.0 Å². The molecule has 4 nitrogen and oxygen atoms in total. The Kier molecular flexibility index (Phi) is 2.83. The molecule has 0 spiro atoms. The van der Waals surface area contributed by atoms with Crippen LogP contribution in [0.5, 0.6) is 0 Å². The molecule has 0 amide bonds. The Hall–Kier alpha value is -0.870. The van der Waals surface area contributed by atoms with Crippen LogP contribution in [-0.2, 0) is 6.54 Å². The summed E-state index contributed by atoms with van der Waals surface area (Å²) < 4.78 is 0. The number of aliphatic hydroxyl groups is 1. The Morgan fingerprint density at radius 2 is 2.42 bits per heavy atom. The summed E-state index contributed by atoms with van der Waals surface area (Å²) in [5, 5.41) is 12.5. The number of aromatic amines is 1. The van der Waals surface area contributed by atoms with E-state index in [4.69, 9.17) is 0 Å². The van der Waals surface area contributed by atoms with Crippen LogP contribution in [-0.4, -0.2) is 27.2 Å². The molecule has 4 heteroatoms. The first-order valence-electron chi connectivity index (χ1n) is 3.98. The van der Waals surface area contributed by atoms with Crippen LogP contribution in [0.4, 0.5) is 0 Å². The zero-order chi connectivity index (χ0) is 9.03. The monoisotopic (exact) mass is 169 g/mol. The maximum atomic E-state index is 9.36. The fourth-order valence-corrected chi connectivity index (χ4v) is 0.884. The average molecular weight is 169 g/mol. The molecule has 12 heavy (non-hydrogen) atoms. The zero-order valence-electron chi connectivity index (χ0n) is 7.46. The van der Waals surface area contributed by atoms with Crippen molar-refractivity contribution in [3.8, 4) is 0 Å². The summed E-state index contributed by atoms with van der Waals surface area (Å²) in [7, 11) is 0. The second kappa shape index (κ2) is 3.69. The maximum Gasteiger partial charge on any atom is 0.0922 e. The molecule has 0 radical (unpaired) electrons. The fraction of sp³-hybridized carbons (Fsp3) is 0.625. The highest BCUT2D eigenvalue weighted by molar-refractivity contribution is 4.93. The lowest BCUT2D eigenvalue weighted by atomic mass is 10.1. The number of imidazole rings is 1. The molecular weight excluding hydrogens is 154 g/mol. The van der Waals surface area contributed by atoms with Gasteiger partial charge >= 0.3 is 0 Å². The Morgan fingerprint density at radius 1 is 1.67 bits per heavy atom. The van der Waals surface area contributed by atoms with Crippen LogP contribution in [0.2, 0.25) is 0 Å². The minimum atomic E-state index is -0.653. The molecule has 0 aliphatic rings. The zero-order valence-corrected chi connectivity index (χ0v) is 7.46. The van der Waals surface area contributed by atoms with Gasteiger partial charge in [-0.3, -0.25) is 0 Å². The number of rotatable bonds is 4. The van der Waals surface area contributed by atoms with Crippen molar-refractivity contribution in [3.63, 3.8) is 0 Å². The van der Waals surface area contributed by atoms with Gasteiger partial charge in [0.1, 0.15) is 0 Å². The molecule has 1 rings (SSSR count). The van der Waals surface area contributed by atoms with Crippen LogP contribution >= 0.6 is 0 Å². The number of hydrogen-bond acceptors (Lipinski definition) is 3.